The third-order valence-electron chi connectivity index (χ3n) is 4.77. The van der Waals surface area contributed by atoms with E-state index in [0.717, 1.165) is 28.2 Å². The van der Waals surface area contributed by atoms with E-state index < -0.39 is 0 Å². The summed E-state index contributed by atoms with van der Waals surface area (Å²) >= 11 is 6.50. The van der Waals surface area contributed by atoms with Crippen molar-refractivity contribution in [1.82, 2.24) is 19.9 Å². The second-order valence-corrected chi connectivity index (χ2v) is 6.81. The maximum Gasteiger partial charge on any atom is 0.141 e. The van der Waals surface area contributed by atoms with Crippen LogP contribution in [0.2, 0.25) is 5.02 Å². The number of benzene rings is 1. The summed E-state index contributed by atoms with van der Waals surface area (Å²) in [5.74, 6) is 1.69. The molecule has 5 rings (SSSR count). The van der Waals surface area contributed by atoms with Crippen molar-refractivity contribution >= 4 is 23.1 Å². The fraction of sp³-hybridized carbons (Fsp3) is 0.0476. The molecule has 0 atom stereocenters. The van der Waals surface area contributed by atoms with Crippen molar-refractivity contribution in [2.75, 3.05) is 12.4 Å². The van der Waals surface area contributed by atoms with Crippen LogP contribution in [0.5, 0.6) is 5.75 Å². The number of halogens is 1. The zero-order valence-corrected chi connectivity index (χ0v) is 15.9. The number of methoxy groups -OCH3 is 1. The first-order valence-corrected chi connectivity index (χ1v) is 9.12. The molecule has 0 aliphatic carbocycles. The average molecular weight is 401 g/mol. The molecule has 0 amide bonds. The van der Waals surface area contributed by atoms with E-state index in [4.69, 9.17) is 21.3 Å². The molecule has 1 aromatic carbocycles. The number of H-pyrrole nitrogens is 1. The van der Waals surface area contributed by atoms with Crippen LogP contribution in [0.3, 0.4) is 0 Å². The Bertz CT molecular complexity index is 1240. The number of hydrogen-bond acceptors (Lipinski definition) is 6. The van der Waals surface area contributed by atoms with E-state index in [0.29, 0.717) is 33.5 Å². The molecule has 1 aliphatic heterocycles. The van der Waals surface area contributed by atoms with Gasteiger partial charge in [-0.1, -0.05) is 11.6 Å². The van der Waals surface area contributed by atoms with Gasteiger partial charge >= 0.3 is 0 Å². The van der Waals surface area contributed by atoms with E-state index in [1.807, 2.05) is 18.2 Å². The molecule has 2 N–H and O–H groups in total. The van der Waals surface area contributed by atoms with Crippen LogP contribution in [0.4, 0.5) is 11.5 Å². The minimum atomic E-state index is 0.373. The summed E-state index contributed by atoms with van der Waals surface area (Å²) in [6.45, 7) is 0. The first-order valence-electron chi connectivity index (χ1n) is 8.74. The molecule has 0 unspecified atom stereocenters. The van der Waals surface area contributed by atoms with Gasteiger partial charge in [-0.25, -0.2) is 9.97 Å². The zero-order valence-electron chi connectivity index (χ0n) is 15.2. The fourth-order valence-electron chi connectivity index (χ4n) is 3.45. The van der Waals surface area contributed by atoms with E-state index in [2.05, 4.69) is 26.3 Å². The standard InChI is InChI=1S/C21H13ClN6O/c1-29-12-7-11(9-23)17(15(22)8-12)21-27-18-13-4-6-24-10-16(13)26-20-14(19(18)28-21)3-2-5-25-20/h2-8,10H,1H3,(H,25,26)(H,27,28). The van der Waals surface area contributed by atoms with Crippen molar-refractivity contribution in [3.8, 4) is 45.7 Å². The Hall–Kier alpha value is -3.89. The van der Waals surface area contributed by atoms with Crippen molar-refractivity contribution in [2.24, 2.45) is 0 Å². The second-order valence-electron chi connectivity index (χ2n) is 6.40. The van der Waals surface area contributed by atoms with Crippen LogP contribution in [-0.2, 0) is 0 Å². The number of pyridine rings is 2. The van der Waals surface area contributed by atoms with Crippen LogP contribution in [0.15, 0.2) is 48.9 Å². The largest absolute Gasteiger partial charge is 0.497 e. The number of hydrogen-bond donors (Lipinski definition) is 2. The molecule has 3 aromatic heterocycles. The molecule has 0 radical (unpaired) electrons. The summed E-state index contributed by atoms with van der Waals surface area (Å²) in [6.07, 6.45) is 5.17. The van der Waals surface area contributed by atoms with Crippen molar-refractivity contribution in [2.45, 2.75) is 0 Å². The fourth-order valence-corrected chi connectivity index (χ4v) is 3.74. The molecule has 8 heteroatoms. The molecule has 1 aliphatic rings. The Morgan fingerprint density at radius 1 is 1.17 bits per heavy atom. The minimum Gasteiger partial charge on any atom is -0.497 e. The lowest BCUT2D eigenvalue weighted by molar-refractivity contribution is 0.415. The van der Waals surface area contributed by atoms with Crippen molar-refractivity contribution in [3.63, 3.8) is 0 Å². The van der Waals surface area contributed by atoms with Crippen molar-refractivity contribution in [1.29, 1.82) is 5.26 Å². The predicted octanol–water partition coefficient (Wildman–Crippen LogP) is 4.79. The molecule has 0 bridgehead atoms. The van der Waals surface area contributed by atoms with E-state index >= 15 is 0 Å². The number of imidazole rings is 1. The summed E-state index contributed by atoms with van der Waals surface area (Å²) in [7, 11) is 1.53. The highest BCUT2D eigenvalue weighted by atomic mass is 35.5. The highest BCUT2D eigenvalue weighted by molar-refractivity contribution is 6.33. The Labute approximate surface area is 171 Å². The summed E-state index contributed by atoms with van der Waals surface area (Å²) in [6, 6.07) is 11.2. The molecule has 29 heavy (non-hydrogen) atoms. The molecule has 140 valence electrons. The Kier molecular flexibility index (Phi) is 3.93. The van der Waals surface area contributed by atoms with Gasteiger partial charge in [-0.05, 0) is 30.3 Å². The Morgan fingerprint density at radius 3 is 2.90 bits per heavy atom. The highest BCUT2D eigenvalue weighted by Crippen LogP contribution is 2.44. The summed E-state index contributed by atoms with van der Waals surface area (Å²) < 4.78 is 5.23. The van der Waals surface area contributed by atoms with Crippen molar-refractivity contribution < 1.29 is 4.74 Å². The van der Waals surface area contributed by atoms with Gasteiger partial charge in [0, 0.05) is 23.5 Å². The van der Waals surface area contributed by atoms with Crippen LogP contribution in [-0.4, -0.2) is 27.0 Å². The number of anilines is 2. The number of nitrogens with one attached hydrogen (secondary N) is 2. The van der Waals surface area contributed by atoms with Crippen LogP contribution in [0.1, 0.15) is 5.56 Å². The number of aromatic amines is 1. The van der Waals surface area contributed by atoms with Gasteiger partial charge in [0.15, 0.2) is 0 Å². The number of aromatic nitrogens is 4. The number of nitrogens with zero attached hydrogens (tertiary/aromatic N) is 4. The van der Waals surface area contributed by atoms with E-state index in [1.54, 1.807) is 30.7 Å². The third-order valence-corrected chi connectivity index (χ3v) is 5.06. The van der Waals surface area contributed by atoms with Crippen molar-refractivity contribution in [3.05, 3.63) is 59.5 Å². The maximum absolute atomic E-state index is 9.65. The van der Waals surface area contributed by atoms with Gasteiger partial charge < -0.3 is 15.0 Å². The molecule has 0 saturated heterocycles. The molecule has 0 spiro atoms. The molecular weight excluding hydrogens is 388 g/mol. The number of ether oxygens (including phenoxy) is 1. The van der Waals surface area contributed by atoms with Gasteiger partial charge in [0.1, 0.15) is 29.2 Å². The number of rotatable bonds is 2. The normalized spacial score (nSPS) is 11.3. The first kappa shape index (κ1) is 17.2. The van der Waals surface area contributed by atoms with Crippen LogP contribution in [0.25, 0.3) is 33.9 Å². The summed E-state index contributed by atoms with van der Waals surface area (Å²) in [5, 5.41) is 13.3. The Morgan fingerprint density at radius 2 is 2.07 bits per heavy atom. The van der Waals surface area contributed by atoms with E-state index in [1.165, 1.54) is 7.11 Å². The average Bonchev–Trinajstić information content (AvgIpc) is 3.13. The van der Waals surface area contributed by atoms with Gasteiger partial charge in [0.2, 0.25) is 0 Å². The Balaban J connectivity index is 1.81. The van der Waals surface area contributed by atoms with Crippen LogP contribution >= 0.6 is 11.6 Å². The zero-order chi connectivity index (χ0) is 20.0. The van der Waals surface area contributed by atoms with Gasteiger partial charge in [-0.15, -0.1) is 0 Å². The van der Waals surface area contributed by atoms with Gasteiger partial charge in [-0.2, -0.15) is 5.26 Å². The van der Waals surface area contributed by atoms with E-state index in [-0.39, 0.29) is 0 Å². The summed E-state index contributed by atoms with van der Waals surface area (Å²) in [4.78, 5) is 16.8. The topological polar surface area (TPSA) is 99.5 Å². The molecule has 0 fully saturated rings. The lowest BCUT2D eigenvalue weighted by atomic mass is 10.1. The van der Waals surface area contributed by atoms with Crippen LogP contribution < -0.4 is 10.1 Å². The van der Waals surface area contributed by atoms with E-state index in [9.17, 15) is 5.26 Å². The molecule has 7 nitrogen and oxygen atoms in total. The predicted molar refractivity (Wildman–Crippen MR) is 110 cm³/mol. The lowest BCUT2D eigenvalue weighted by Crippen LogP contribution is -1.96. The SMILES string of the molecule is COc1cc(Cl)c(-c2nc3c([nH]2)-c2ccncc2Nc2ncccc2-3)c(C#N)c1. The molecule has 4 aromatic rings. The molecular formula is C21H13ClN6O. The lowest BCUT2D eigenvalue weighted by Gasteiger charge is -2.09. The minimum absolute atomic E-state index is 0.373. The smallest absolute Gasteiger partial charge is 0.141 e. The highest BCUT2D eigenvalue weighted by Gasteiger charge is 2.25. The summed E-state index contributed by atoms with van der Waals surface area (Å²) in [5.41, 5.74) is 4.96. The first-order chi connectivity index (χ1) is 14.2. The molecule has 4 heterocycles. The second kappa shape index (κ2) is 6.62. The quantitative estimate of drug-likeness (QED) is 0.442. The van der Waals surface area contributed by atoms with Gasteiger partial charge in [0.25, 0.3) is 0 Å². The molecule has 0 saturated carbocycles. The van der Waals surface area contributed by atoms with Gasteiger partial charge in [0.05, 0.1) is 40.8 Å². The monoisotopic (exact) mass is 400 g/mol. The van der Waals surface area contributed by atoms with Crippen LogP contribution in [0, 0.1) is 11.3 Å². The number of fused-ring (bicyclic) bond motifs is 5. The maximum atomic E-state index is 9.65. The third kappa shape index (κ3) is 2.70. The number of nitriles is 1. The van der Waals surface area contributed by atoms with Gasteiger partial charge in [-0.3, -0.25) is 4.98 Å².